The monoisotopic (exact) mass is 430 g/mol. The van der Waals surface area contributed by atoms with Gasteiger partial charge in [-0.25, -0.2) is 8.42 Å². The summed E-state index contributed by atoms with van der Waals surface area (Å²) in [5, 5.41) is 7.66. The predicted molar refractivity (Wildman–Crippen MR) is 110 cm³/mol. The number of benzene rings is 2. The highest BCUT2D eigenvalue weighted by molar-refractivity contribution is 7.91. The van der Waals surface area contributed by atoms with Crippen LogP contribution in [0.1, 0.15) is 26.3 Å². The van der Waals surface area contributed by atoms with Gasteiger partial charge in [0.15, 0.2) is 11.4 Å². The Balaban J connectivity index is 2.14. The van der Waals surface area contributed by atoms with Crippen LogP contribution < -0.4 is 4.74 Å². The van der Waals surface area contributed by atoms with Gasteiger partial charge in [-0.2, -0.15) is 0 Å². The van der Waals surface area contributed by atoms with E-state index in [9.17, 15) is 8.42 Å². The maximum atomic E-state index is 13.1. The summed E-state index contributed by atoms with van der Waals surface area (Å²) in [7, 11) is -2.59. The van der Waals surface area contributed by atoms with E-state index in [1.165, 1.54) is 25.3 Å². The molecule has 9 heteroatoms. The van der Waals surface area contributed by atoms with Gasteiger partial charge in [0.05, 0.1) is 12.0 Å². The van der Waals surface area contributed by atoms with Crippen LogP contribution in [0.25, 0.3) is 10.5 Å². The number of nitrogens with zero attached hydrogens (tertiary/aromatic N) is 4. The highest BCUT2D eigenvalue weighted by Crippen LogP contribution is 2.34. The molecule has 0 atom stereocenters. The number of halogens is 1. The van der Waals surface area contributed by atoms with Gasteiger partial charge >= 0.3 is 0 Å². The lowest BCUT2D eigenvalue weighted by Crippen LogP contribution is -2.11. The molecule has 0 N–H and O–H groups in total. The minimum Gasteiger partial charge on any atom is -0.492 e. The van der Waals surface area contributed by atoms with Gasteiger partial charge in [0.25, 0.3) is 5.82 Å². The fourth-order valence-corrected chi connectivity index (χ4v) is 4.17. The molecule has 0 radical (unpaired) electrons. The predicted octanol–water partition coefficient (Wildman–Crippen LogP) is 4.61. The summed E-state index contributed by atoms with van der Waals surface area (Å²) in [6, 6.07) is 11.3. The molecule has 1 aromatic heterocycles. The molecule has 2 aromatic carbocycles. The Morgan fingerprint density at radius 1 is 1.14 bits per heavy atom. The molecular formula is C20H19ClN4O3S. The van der Waals surface area contributed by atoms with Crippen LogP contribution in [0.4, 0.5) is 5.82 Å². The third kappa shape index (κ3) is 3.84. The number of rotatable bonds is 4. The van der Waals surface area contributed by atoms with Crippen LogP contribution in [0.3, 0.4) is 0 Å². The van der Waals surface area contributed by atoms with Crippen molar-refractivity contribution < 1.29 is 13.2 Å². The van der Waals surface area contributed by atoms with Crippen molar-refractivity contribution in [1.82, 2.24) is 15.0 Å². The quantitative estimate of drug-likeness (QED) is 0.565. The highest BCUT2D eigenvalue weighted by Gasteiger charge is 2.30. The molecule has 1 heterocycles. The Morgan fingerprint density at radius 2 is 1.79 bits per heavy atom. The molecule has 0 unspecified atom stereocenters. The lowest BCUT2D eigenvalue weighted by Gasteiger charge is -2.19. The normalized spacial score (nSPS) is 11.9. The molecule has 0 aliphatic carbocycles. The molecule has 3 aromatic rings. The first-order chi connectivity index (χ1) is 13.6. The van der Waals surface area contributed by atoms with Crippen molar-refractivity contribution in [3.05, 3.63) is 64.5 Å². The number of hydrogen-bond acceptors (Lipinski definition) is 5. The van der Waals surface area contributed by atoms with E-state index in [-0.39, 0.29) is 16.1 Å². The van der Waals surface area contributed by atoms with Crippen LogP contribution in [0.2, 0.25) is 5.02 Å². The first-order valence-corrected chi connectivity index (χ1v) is 10.5. The summed E-state index contributed by atoms with van der Waals surface area (Å²) >= 11 is 6.05. The molecule has 0 saturated heterocycles. The molecule has 0 amide bonds. The molecule has 0 saturated carbocycles. The zero-order chi connectivity index (χ0) is 21.4. The summed E-state index contributed by atoms with van der Waals surface area (Å²) in [4.78, 5) is 3.41. The molecule has 0 bridgehead atoms. The van der Waals surface area contributed by atoms with E-state index in [2.05, 4.69) is 15.2 Å². The second-order valence-electron chi connectivity index (χ2n) is 7.34. The van der Waals surface area contributed by atoms with Crippen molar-refractivity contribution in [2.24, 2.45) is 0 Å². The number of ether oxygens (including phenoxy) is 1. The van der Waals surface area contributed by atoms with Crippen LogP contribution in [-0.4, -0.2) is 30.5 Å². The average molecular weight is 431 g/mol. The van der Waals surface area contributed by atoms with Crippen LogP contribution in [-0.2, 0) is 15.3 Å². The van der Waals surface area contributed by atoms with Gasteiger partial charge in [-0.05, 0) is 35.2 Å². The van der Waals surface area contributed by atoms with Crippen molar-refractivity contribution in [2.45, 2.75) is 36.1 Å². The van der Waals surface area contributed by atoms with Crippen molar-refractivity contribution in [2.75, 3.05) is 7.11 Å². The molecule has 0 spiro atoms. The second kappa shape index (κ2) is 7.50. The SMILES string of the molecule is [C-]#[N+]c1c(S(=O)(=O)c2ccc(C(C)(C)C)cc2)nnn1-c1cc(Cl)ccc1OC. The Labute approximate surface area is 174 Å². The van der Waals surface area contributed by atoms with Gasteiger partial charge in [0.1, 0.15) is 0 Å². The largest absolute Gasteiger partial charge is 0.492 e. The van der Waals surface area contributed by atoms with Crippen LogP contribution in [0, 0.1) is 6.57 Å². The fourth-order valence-electron chi connectivity index (χ4n) is 2.77. The standard InChI is InChI=1S/C20H19ClN4O3S/c1-20(2,3)13-6-9-15(10-7-13)29(26,27)19-18(22-4)25(24-23-19)16-12-14(21)8-11-17(16)28-5/h6-12H,1-3,5H3. The minimum atomic E-state index is -4.04. The maximum absolute atomic E-state index is 13.1. The van der Waals surface area contributed by atoms with Gasteiger partial charge in [-0.3, -0.25) is 0 Å². The number of sulfone groups is 1. The van der Waals surface area contributed by atoms with E-state index in [1.54, 1.807) is 24.3 Å². The zero-order valence-corrected chi connectivity index (χ0v) is 17.9. The second-order valence-corrected chi connectivity index (χ2v) is 9.64. The highest BCUT2D eigenvalue weighted by atomic mass is 35.5. The van der Waals surface area contributed by atoms with E-state index in [4.69, 9.17) is 22.9 Å². The van der Waals surface area contributed by atoms with E-state index in [0.29, 0.717) is 16.5 Å². The first kappa shape index (κ1) is 20.8. The van der Waals surface area contributed by atoms with Gasteiger partial charge in [0.2, 0.25) is 14.9 Å². The Morgan fingerprint density at radius 3 is 2.34 bits per heavy atom. The van der Waals surface area contributed by atoms with E-state index in [0.717, 1.165) is 10.2 Å². The number of methoxy groups -OCH3 is 1. The lowest BCUT2D eigenvalue weighted by molar-refractivity contribution is 0.411. The summed E-state index contributed by atoms with van der Waals surface area (Å²) < 4.78 is 32.6. The zero-order valence-electron chi connectivity index (χ0n) is 16.3. The molecule has 150 valence electrons. The minimum absolute atomic E-state index is 0.0421. The fraction of sp³-hybridized carbons (Fsp3) is 0.250. The van der Waals surface area contributed by atoms with Crippen molar-refractivity contribution in [1.29, 1.82) is 0 Å². The first-order valence-electron chi connectivity index (χ1n) is 8.62. The maximum Gasteiger partial charge on any atom is 0.297 e. The van der Waals surface area contributed by atoms with Gasteiger partial charge in [0, 0.05) is 16.3 Å². The van der Waals surface area contributed by atoms with Gasteiger partial charge < -0.3 is 9.58 Å². The van der Waals surface area contributed by atoms with Crippen molar-refractivity contribution in [3.63, 3.8) is 0 Å². The van der Waals surface area contributed by atoms with Crippen LogP contribution in [0.15, 0.2) is 52.4 Å². The van der Waals surface area contributed by atoms with Crippen LogP contribution >= 0.6 is 11.6 Å². The molecular weight excluding hydrogens is 412 g/mol. The van der Waals surface area contributed by atoms with E-state index < -0.39 is 14.9 Å². The molecule has 29 heavy (non-hydrogen) atoms. The van der Waals surface area contributed by atoms with Crippen molar-refractivity contribution >= 4 is 27.3 Å². The summed E-state index contributed by atoms with van der Waals surface area (Å²) in [6.45, 7) is 13.6. The number of hydrogen-bond donors (Lipinski definition) is 0. The average Bonchev–Trinajstić information content (AvgIpc) is 3.12. The van der Waals surface area contributed by atoms with Crippen LogP contribution in [0.5, 0.6) is 5.75 Å². The van der Waals surface area contributed by atoms with E-state index >= 15 is 0 Å². The summed E-state index contributed by atoms with van der Waals surface area (Å²) in [5.74, 6) is 0.133. The molecule has 7 nitrogen and oxygen atoms in total. The Bertz CT molecular complexity index is 1200. The summed E-state index contributed by atoms with van der Waals surface area (Å²) in [5.41, 5.74) is 1.20. The molecule has 3 rings (SSSR count). The topological polar surface area (TPSA) is 78.4 Å². The molecule has 0 aliphatic heterocycles. The van der Waals surface area contributed by atoms with Crippen molar-refractivity contribution in [3.8, 4) is 11.4 Å². The molecule has 0 aliphatic rings. The third-order valence-corrected chi connectivity index (χ3v) is 6.28. The smallest absolute Gasteiger partial charge is 0.297 e. The van der Waals surface area contributed by atoms with Gasteiger partial charge in [-0.15, -0.1) is 9.78 Å². The Hall–Kier alpha value is -2.89. The molecule has 0 fully saturated rings. The lowest BCUT2D eigenvalue weighted by atomic mass is 9.87. The Kier molecular flexibility index (Phi) is 5.39. The van der Waals surface area contributed by atoms with Gasteiger partial charge in [-0.1, -0.05) is 51.1 Å². The third-order valence-electron chi connectivity index (χ3n) is 4.38. The number of aromatic nitrogens is 3. The summed E-state index contributed by atoms with van der Waals surface area (Å²) in [6.07, 6.45) is 0. The van der Waals surface area contributed by atoms with E-state index in [1.807, 2.05) is 20.8 Å².